The topological polar surface area (TPSA) is 111 Å². The Morgan fingerprint density at radius 3 is 2.88 bits per heavy atom. The van der Waals surface area contributed by atoms with E-state index in [4.69, 9.17) is 15.7 Å². The van der Waals surface area contributed by atoms with Crippen LogP contribution >= 0.6 is 0 Å². The molecule has 1 aromatic rings. The zero-order chi connectivity index (χ0) is 12.1. The zero-order valence-corrected chi connectivity index (χ0v) is 7.96. The summed E-state index contributed by atoms with van der Waals surface area (Å²) in [6.07, 6.45) is 0. The lowest BCUT2D eigenvalue weighted by Gasteiger charge is -2.05. The number of ether oxygens (including phenoxy) is 1. The maximum Gasteiger partial charge on any atom is 0.272 e. The van der Waals surface area contributed by atoms with E-state index in [0.717, 1.165) is 18.2 Å². The van der Waals surface area contributed by atoms with Gasteiger partial charge in [0.25, 0.3) is 5.69 Å². The van der Waals surface area contributed by atoms with Gasteiger partial charge in [0.15, 0.2) is 17.4 Å². The van der Waals surface area contributed by atoms with Crippen molar-refractivity contribution in [2.24, 2.45) is 10.9 Å². The summed E-state index contributed by atoms with van der Waals surface area (Å²) in [6, 6.07) is 2.91. The number of benzene rings is 1. The van der Waals surface area contributed by atoms with E-state index >= 15 is 0 Å². The molecule has 0 fully saturated rings. The van der Waals surface area contributed by atoms with Crippen molar-refractivity contribution < 1.29 is 19.3 Å². The molecule has 1 aromatic carbocycles. The molecule has 0 spiro atoms. The predicted molar refractivity (Wildman–Crippen MR) is 52.0 cm³/mol. The number of rotatable bonds is 4. The number of nitrogens with two attached hydrogens (primary N) is 1. The highest BCUT2D eigenvalue weighted by atomic mass is 19.1. The van der Waals surface area contributed by atoms with Crippen molar-refractivity contribution in [3.63, 3.8) is 0 Å². The molecule has 0 amide bonds. The summed E-state index contributed by atoms with van der Waals surface area (Å²) in [4.78, 5) is 9.58. The van der Waals surface area contributed by atoms with Crippen LogP contribution in [0.5, 0.6) is 5.75 Å². The molecule has 3 N–H and O–H groups in total. The van der Waals surface area contributed by atoms with Gasteiger partial charge in [0.05, 0.1) is 11.0 Å². The molecule has 0 aliphatic heterocycles. The van der Waals surface area contributed by atoms with E-state index in [1.807, 2.05) is 0 Å². The third kappa shape index (κ3) is 2.80. The van der Waals surface area contributed by atoms with Crippen LogP contribution in [0.15, 0.2) is 23.4 Å². The highest BCUT2D eigenvalue weighted by Gasteiger charge is 2.11. The number of halogens is 1. The predicted octanol–water partition coefficient (Wildman–Crippen LogP) is 0.859. The molecule has 0 saturated heterocycles. The van der Waals surface area contributed by atoms with Gasteiger partial charge in [0, 0.05) is 6.07 Å². The fourth-order valence-corrected chi connectivity index (χ4v) is 0.901. The van der Waals surface area contributed by atoms with Crippen LogP contribution in [0, 0.1) is 15.9 Å². The fourth-order valence-electron chi connectivity index (χ4n) is 0.901. The number of oxime groups is 1. The molecular formula is C8H8FN3O4. The van der Waals surface area contributed by atoms with Crippen molar-refractivity contribution >= 4 is 11.5 Å². The highest BCUT2D eigenvalue weighted by molar-refractivity contribution is 5.81. The van der Waals surface area contributed by atoms with Crippen molar-refractivity contribution in [3.05, 3.63) is 34.1 Å². The van der Waals surface area contributed by atoms with Crippen LogP contribution in [0.4, 0.5) is 10.1 Å². The standard InChI is InChI=1S/C8H8FN3O4/c9-6-3-5(12(14)15)1-2-7(6)16-4-8(10)11-13/h1-3,13H,4H2,(H2,10,11). The maximum absolute atomic E-state index is 13.2. The first kappa shape index (κ1) is 11.7. The van der Waals surface area contributed by atoms with Gasteiger partial charge < -0.3 is 15.7 Å². The quantitative estimate of drug-likeness (QED) is 0.261. The molecule has 0 bridgehead atoms. The Kier molecular flexibility index (Phi) is 3.59. The van der Waals surface area contributed by atoms with Gasteiger partial charge >= 0.3 is 0 Å². The molecule has 0 saturated carbocycles. The van der Waals surface area contributed by atoms with E-state index in [-0.39, 0.29) is 23.9 Å². The zero-order valence-electron chi connectivity index (χ0n) is 7.96. The van der Waals surface area contributed by atoms with Crippen molar-refractivity contribution in [1.29, 1.82) is 0 Å². The molecular weight excluding hydrogens is 221 g/mol. The lowest BCUT2D eigenvalue weighted by atomic mass is 10.3. The van der Waals surface area contributed by atoms with E-state index in [1.54, 1.807) is 0 Å². The molecule has 0 aliphatic rings. The van der Waals surface area contributed by atoms with Crippen molar-refractivity contribution in [1.82, 2.24) is 0 Å². The fraction of sp³-hybridized carbons (Fsp3) is 0.125. The molecule has 86 valence electrons. The summed E-state index contributed by atoms with van der Waals surface area (Å²) in [5, 5.41) is 21.1. The van der Waals surface area contributed by atoms with E-state index in [1.165, 1.54) is 0 Å². The van der Waals surface area contributed by atoms with E-state index in [2.05, 4.69) is 5.16 Å². The maximum atomic E-state index is 13.2. The van der Waals surface area contributed by atoms with Gasteiger partial charge in [0.2, 0.25) is 0 Å². The third-order valence-corrected chi connectivity index (χ3v) is 1.63. The Hall–Kier alpha value is -2.38. The number of hydrogen-bond donors (Lipinski definition) is 2. The minimum atomic E-state index is -0.889. The monoisotopic (exact) mass is 229 g/mol. The molecule has 0 aromatic heterocycles. The molecule has 0 aliphatic carbocycles. The summed E-state index contributed by atoms with van der Waals surface area (Å²) < 4.78 is 18.0. The lowest BCUT2D eigenvalue weighted by molar-refractivity contribution is -0.385. The molecule has 0 unspecified atom stereocenters. The third-order valence-electron chi connectivity index (χ3n) is 1.63. The van der Waals surface area contributed by atoms with Crippen LogP contribution in [-0.2, 0) is 0 Å². The van der Waals surface area contributed by atoms with Gasteiger partial charge in [-0.3, -0.25) is 10.1 Å². The van der Waals surface area contributed by atoms with Crippen LogP contribution in [0.25, 0.3) is 0 Å². The minimum absolute atomic E-state index is 0.211. The minimum Gasteiger partial charge on any atom is -0.482 e. The molecule has 7 nitrogen and oxygen atoms in total. The van der Waals surface area contributed by atoms with Gasteiger partial charge in [-0.15, -0.1) is 0 Å². The summed E-state index contributed by atoms with van der Waals surface area (Å²) in [7, 11) is 0. The average Bonchev–Trinajstić information content (AvgIpc) is 2.26. The summed E-state index contributed by atoms with van der Waals surface area (Å²) in [5.74, 6) is -1.34. The Morgan fingerprint density at radius 2 is 2.38 bits per heavy atom. The van der Waals surface area contributed by atoms with Crippen LogP contribution in [0.2, 0.25) is 0 Å². The number of hydrogen-bond acceptors (Lipinski definition) is 5. The van der Waals surface area contributed by atoms with Gasteiger partial charge in [-0.05, 0) is 6.07 Å². The Labute approximate surface area is 89.1 Å². The summed E-state index contributed by atoms with van der Waals surface area (Å²) in [6.45, 7) is -0.314. The molecule has 0 atom stereocenters. The first-order valence-corrected chi connectivity index (χ1v) is 4.07. The Morgan fingerprint density at radius 1 is 1.69 bits per heavy atom. The lowest BCUT2D eigenvalue weighted by Crippen LogP contribution is -2.21. The van der Waals surface area contributed by atoms with Crippen molar-refractivity contribution in [2.45, 2.75) is 0 Å². The van der Waals surface area contributed by atoms with Crippen LogP contribution in [-0.4, -0.2) is 22.6 Å². The van der Waals surface area contributed by atoms with Crippen LogP contribution in [0.1, 0.15) is 0 Å². The number of nitro groups is 1. The number of amidine groups is 1. The molecule has 0 heterocycles. The van der Waals surface area contributed by atoms with Crippen LogP contribution < -0.4 is 10.5 Å². The largest absolute Gasteiger partial charge is 0.482 e. The average molecular weight is 229 g/mol. The van der Waals surface area contributed by atoms with Gasteiger partial charge in [-0.1, -0.05) is 5.16 Å². The Balaban J connectivity index is 2.79. The molecule has 16 heavy (non-hydrogen) atoms. The van der Waals surface area contributed by atoms with Gasteiger partial charge in [-0.2, -0.15) is 0 Å². The normalized spacial score (nSPS) is 11.2. The van der Waals surface area contributed by atoms with E-state index < -0.39 is 10.7 Å². The second-order valence-corrected chi connectivity index (χ2v) is 2.75. The SMILES string of the molecule is N/C(COc1ccc([N+](=O)[O-])cc1F)=N\O. The van der Waals surface area contributed by atoms with E-state index in [9.17, 15) is 14.5 Å². The van der Waals surface area contributed by atoms with Crippen LogP contribution in [0.3, 0.4) is 0 Å². The van der Waals surface area contributed by atoms with Crippen molar-refractivity contribution in [2.75, 3.05) is 6.61 Å². The summed E-state index contributed by atoms with van der Waals surface area (Å²) >= 11 is 0. The number of nitro benzene ring substituents is 1. The number of non-ortho nitro benzene ring substituents is 1. The van der Waals surface area contributed by atoms with Gasteiger partial charge in [0.1, 0.15) is 6.61 Å². The second-order valence-electron chi connectivity index (χ2n) is 2.75. The van der Waals surface area contributed by atoms with E-state index in [0.29, 0.717) is 0 Å². The molecule has 1 rings (SSSR count). The highest BCUT2D eigenvalue weighted by Crippen LogP contribution is 2.22. The first-order chi connectivity index (χ1) is 7.54. The second kappa shape index (κ2) is 4.91. The number of nitrogens with zero attached hydrogens (tertiary/aromatic N) is 2. The van der Waals surface area contributed by atoms with Crippen molar-refractivity contribution in [3.8, 4) is 5.75 Å². The van der Waals surface area contributed by atoms with Gasteiger partial charge in [-0.25, -0.2) is 4.39 Å². The summed E-state index contributed by atoms with van der Waals surface area (Å²) in [5.41, 5.74) is 4.71. The smallest absolute Gasteiger partial charge is 0.272 e. The molecule has 8 heteroatoms. The first-order valence-electron chi connectivity index (χ1n) is 4.07. The Bertz CT molecular complexity index is 435. The molecule has 0 radical (unpaired) electrons.